The van der Waals surface area contributed by atoms with Crippen molar-refractivity contribution in [2.75, 3.05) is 25.2 Å². The quantitative estimate of drug-likeness (QED) is 0.827. The highest BCUT2D eigenvalue weighted by molar-refractivity contribution is 8.00. The standard InChI is InChI=1S/C12H17NO3S/c1-15-11-4-2-3-9(10(14)5-13)12(11)16-8-6-17-7-8/h2-4,8,10,14H,5-7,13H2,1H3. The molecule has 1 aromatic carbocycles. The molecule has 0 saturated carbocycles. The van der Waals surface area contributed by atoms with Gasteiger partial charge in [0.1, 0.15) is 6.10 Å². The molecular weight excluding hydrogens is 238 g/mol. The second-order valence-corrected chi connectivity index (χ2v) is 4.98. The lowest BCUT2D eigenvalue weighted by Gasteiger charge is -2.28. The second kappa shape index (κ2) is 5.62. The molecular formula is C12H17NO3S. The summed E-state index contributed by atoms with van der Waals surface area (Å²) >= 11 is 1.84. The van der Waals surface area contributed by atoms with Crippen molar-refractivity contribution in [3.05, 3.63) is 23.8 Å². The molecule has 5 heteroatoms. The maximum atomic E-state index is 9.87. The number of hydrogen-bond acceptors (Lipinski definition) is 5. The molecule has 2 rings (SSSR count). The van der Waals surface area contributed by atoms with Crippen LogP contribution in [0.4, 0.5) is 0 Å². The largest absolute Gasteiger partial charge is 0.493 e. The molecule has 1 fully saturated rings. The molecule has 3 N–H and O–H groups in total. The lowest BCUT2D eigenvalue weighted by molar-refractivity contribution is 0.169. The number of aliphatic hydroxyl groups excluding tert-OH is 1. The van der Waals surface area contributed by atoms with Gasteiger partial charge in [0.05, 0.1) is 13.2 Å². The van der Waals surface area contributed by atoms with Gasteiger partial charge in [-0.1, -0.05) is 12.1 Å². The van der Waals surface area contributed by atoms with E-state index in [1.165, 1.54) is 0 Å². The van der Waals surface area contributed by atoms with E-state index in [0.29, 0.717) is 17.1 Å². The van der Waals surface area contributed by atoms with Crippen LogP contribution in [0.2, 0.25) is 0 Å². The number of ether oxygens (including phenoxy) is 2. The van der Waals surface area contributed by atoms with E-state index in [9.17, 15) is 5.11 Å². The van der Waals surface area contributed by atoms with Gasteiger partial charge in [0.15, 0.2) is 11.5 Å². The topological polar surface area (TPSA) is 64.7 Å². The number of aliphatic hydroxyl groups is 1. The van der Waals surface area contributed by atoms with Gasteiger partial charge in [-0.25, -0.2) is 0 Å². The van der Waals surface area contributed by atoms with Crippen LogP contribution in [0.25, 0.3) is 0 Å². The molecule has 1 atom stereocenters. The van der Waals surface area contributed by atoms with Crippen LogP contribution in [-0.2, 0) is 0 Å². The predicted molar refractivity (Wildman–Crippen MR) is 68.7 cm³/mol. The van der Waals surface area contributed by atoms with Crippen LogP contribution in [0, 0.1) is 0 Å². The van der Waals surface area contributed by atoms with E-state index in [1.54, 1.807) is 7.11 Å². The summed E-state index contributed by atoms with van der Waals surface area (Å²) in [6.45, 7) is 0.170. The Morgan fingerprint density at radius 1 is 1.53 bits per heavy atom. The summed E-state index contributed by atoms with van der Waals surface area (Å²) in [7, 11) is 1.59. The van der Waals surface area contributed by atoms with E-state index < -0.39 is 6.10 Å². The van der Waals surface area contributed by atoms with E-state index in [2.05, 4.69) is 0 Å². The number of nitrogens with two attached hydrogens (primary N) is 1. The molecule has 1 aliphatic rings. The Kier molecular flexibility index (Phi) is 4.15. The van der Waals surface area contributed by atoms with E-state index in [1.807, 2.05) is 30.0 Å². The maximum absolute atomic E-state index is 9.87. The number of benzene rings is 1. The smallest absolute Gasteiger partial charge is 0.167 e. The van der Waals surface area contributed by atoms with Crippen molar-refractivity contribution in [3.8, 4) is 11.5 Å². The van der Waals surface area contributed by atoms with Crippen molar-refractivity contribution < 1.29 is 14.6 Å². The summed E-state index contributed by atoms with van der Waals surface area (Å²) in [5, 5.41) is 9.87. The zero-order valence-corrected chi connectivity index (χ0v) is 10.6. The second-order valence-electron chi connectivity index (χ2n) is 3.91. The maximum Gasteiger partial charge on any atom is 0.167 e. The van der Waals surface area contributed by atoms with Crippen LogP contribution in [0.3, 0.4) is 0 Å². The monoisotopic (exact) mass is 255 g/mol. The first-order chi connectivity index (χ1) is 8.26. The third-order valence-electron chi connectivity index (χ3n) is 2.70. The van der Waals surface area contributed by atoms with Gasteiger partial charge in [-0.3, -0.25) is 0 Å². The minimum atomic E-state index is -0.715. The molecule has 1 saturated heterocycles. The number of methoxy groups -OCH3 is 1. The Bertz CT molecular complexity index is 382. The Labute approximate surface area is 105 Å². The third kappa shape index (κ3) is 2.68. The summed E-state index contributed by atoms with van der Waals surface area (Å²) < 4.78 is 11.1. The molecule has 1 unspecified atom stereocenters. The highest BCUT2D eigenvalue weighted by Crippen LogP contribution is 2.37. The van der Waals surface area contributed by atoms with Crippen molar-refractivity contribution in [2.24, 2.45) is 5.73 Å². The van der Waals surface area contributed by atoms with Crippen LogP contribution in [-0.4, -0.2) is 36.4 Å². The Morgan fingerprint density at radius 3 is 2.82 bits per heavy atom. The third-order valence-corrected chi connectivity index (χ3v) is 3.92. The van der Waals surface area contributed by atoms with Gasteiger partial charge in [-0.2, -0.15) is 11.8 Å². The van der Waals surface area contributed by atoms with Gasteiger partial charge < -0.3 is 20.3 Å². The SMILES string of the molecule is COc1cccc(C(O)CN)c1OC1CSC1. The average molecular weight is 255 g/mol. The van der Waals surface area contributed by atoms with Crippen LogP contribution in [0.1, 0.15) is 11.7 Å². The zero-order valence-electron chi connectivity index (χ0n) is 9.76. The van der Waals surface area contributed by atoms with Crippen LogP contribution >= 0.6 is 11.8 Å². The Hall–Kier alpha value is -0.910. The van der Waals surface area contributed by atoms with Gasteiger partial charge >= 0.3 is 0 Å². The minimum absolute atomic E-state index is 0.170. The molecule has 1 aromatic rings. The molecule has 0 amide bonds. The molecule has 0 aliphatic carbocycles. The first-order valence-electron chi connectivity index (χ1n) is 5.55. The average Bonchev–Trinajstić information content (AvgIpc) is 2.32. The van der Waals surface area contributed by atoms with E-state index in [4.69, 9.17) is 15.2 Å². The molecule has 1 heterocycles. The highest BCUT2D eigenvalue weighted by Gasteiger charge is 2.24. The summed E-state index contributed by atoms with van der Waals surface area (Å²) in [4.78, 5) is 0. The molecule has 0 spiro atoms. The zero-order chi connectivity index (χ0) is 12.3. The van der Waals surface area contributed by atoms with E-state index in [-0.39, 0.29) is 12.6 Å². The van der Waals surface area contributed by atoms with Crippen molar-refractivity contribution >= 4 is 11.8 Å². The Balaban J connectivity index is 2.28. The van der Waals surface area contributed by atoms with E-state index >= 15 is 0 Å². The van der Waals surface area contributed by atoms with Gasteiger partial charge in [0.2, 0.25) is 0 Å². The molecule has 17 heavy (non-hydrogen) atoms. The van der Waals surface area contributed by atoms with Gasteiger partial charge in [-0.15, -0.1) is 0 Å². The summed E-state index contributed by atoms with van der Waals surface area (Å²) in [5.74, 6) is 3.23. The predicted octanol–water partition coefficient (Wildman–Crippen LogP) is 1.18. The fraction of sp³-hybridized carbons (Fsp3) is 0.500. The summed E-state index contributed by atoms with van der Waals surface area (Å²) in [5.41, 5.74) is 6.19. The number of rotatable bonds is 5. The molecule has 4 nitrogen and oxygen atoms in total. The molecule has 0 aromatic heterocycles. The normalized spacial score (nSPS) is 17.4. The lowest BCUT2D eigenvalue weighted by Crippen LogP contribution is -2.31. The fourth-order valence-corrected chi connectivity index (χ4v) is 2.22. The highest BCUT2D eigenvalue weighted by atomic mass is 32.2. The summed E-state index contributed by atoms with van der Waals surface area (Å²) in [6.07, 6.45) is -0.507. The van der Waals surface area contributed by atoms with Crippen LogP contribution in [0.5, 0.6) is 11.5 Å². The molecule has 0 bridgehead atoms. The number of hydrogen-bond donors (Lipinski definition) is 2. The minimum Gasteiger partial charge on any atom is -0.493 e. The van der Waals surface area contributed by atoms with Crippen LogP contribution in [0.15, 0.2) is 18.2 Å². The lowest BCUT2D eigenvalue weighted by atomic mass is 10.1. The molecule has 0 radical (unpaired) electrons. The van der Waals surface area contributed by atoms with Crippen molar-refractivity contribution in [1.29, 1.82) is 0 Å². The summed E-state index contributed by atoms with van der Waals surface area (Å²) in [6, 6.07) is 5.48. The van der Waals surface area contributed by atoms with Crippen LogP contribution < -0.4 is 15.2 Å². The van der Waals surface area contributed by atoms with Crippen molar-refractivity contribution in [2.45, 2.75) is 12.2 Å². The number of thioether (sulfide) groups is 1. The van der Waals surface area contributed by atoms with Crippen molar-refractivity contribution in [3.63, 3.8) is 0 Å². The van der Waals surface area contributed by atoms with Gasteiger partial charge in [0, 0.05) is 23.6 Å². The van der Waals surface area contributed by atoms with Crippen molar-refractivity contribution in [1.82, 2.24) is 0 Å². The molecule has 1 aliphatic heterocycles. The van der Waals surface area contributed by atoms with Gasteiger partial charge in [-0.05, 0) is 6.07 Å². The molecule has 94 valence electrons. The number of para-hydroxylation sites is 1. The fourth-order valence-electron chi connectivity index (χ4n) is 1.66. The van der Waals surface area contributed by atoms with E-state index in [0.717, 1.165) is 11.5 Å². The van der Waals surface area contributed by atoms with Gasteiger partial charge in [0.25, 0.3) is 0 Å². The first kappa shape index (κ1) is 12.5. The Morgan fingerprint density at radius 2 is 2.29 bits per heavy atom. The first-order valence-corrected chi connectivity index (χ1v) is 6.71.